The first-order valence-electron chi connectivity index (χ1n) is 16.4. The first-order chi connectivity index (χ1) is 25.2. The second-order valence-corrected chi connectivity index (χ2v) is 10.5. The van der Waals surface area contributed by atoms with Gasteiger partial charge in [-0.15, -0.1) is 0 Å². The number of ether oxygens (including phenoxy) is 8. The maximum absolute atomic E-state index is 11.5. The van der Waals surface area contributed by atoms with Gasteiger partial charge in [-0.25, -0.2) is 14.4 Å². The van der Waals surface area contributed by atoms with Gasteiger partial charge in [0.2, 0.25) is 0 Å². The maximum atomic E-state index is 11.5. The normalized spacial score (nSPS) is 9.70. The van der Waals surface area contributed by atoms with Crippen LogP contribution in [0.25, 0.3) is 0 Å². The Morgan fingerprint density at radius 1 is 0.444 bits per heavy atom. The minimum absolute atomic E-state index is 0.00664. The lowest BCUT2D eigenvalue weighted by Crippen LogP contribution is -2.31. The number of rotatable bonds is 25. The number of esters is 6. The monoisotopic (exact) mass is 772 g/mol. The van der Waals surface area contributed by atoms with Crippen molar-refractivity contribution in [3.63, 3.8) is 0 Å². The Kier molecular flexibility index (Phi) is 31.7. The van der Waals surface area contributed by atoms with E-state index in [4.69, 9.17) is 28.4 Å². The van der Waals surface area contributed by atoms with Crippen LogP contribution in [0.5, 0.6) is 0 Å². The lowest BCUT2D eigenvalue weighted by atomic mass is 10.0. The van der Waals surface area contributed by atoms with Gasteiger partial charge in [0.25, 0.3) is 0 Å². The fraction of sp³-hybridized carbons (Fsp3) is 0.556. The molecule has 0 aliphatic carbocycles. The largest absolute Gasteiger partial charge is 0.463 e. The summed E-state index contributed by atoms with van der Waals surface area (Å²) in [6, 6.07) is 0. The third-order valence-electron chi connectivity index (χ3n) is 5.45. The van der Waals surface area contributed by atoms with E-state index in [9.17, 15) is 47.9 Å². The Morgan fingerprint density at radius 3 is 1.11 bits per heavy atom. The lowest BCUT2D eigenvalue weighted by molar-refractivity contribution is -0.156. The average molecular weight is 773 g/mol. The van der Waals surface area contributed by atoms with E-state index in [1.165, 1.54) is 13.8 Å². The molecule has 0 aliphatic rings. The summed E-state index contributed by atoms with van der Waals surface area (Å²) in [5, 5.41) is 0. The van der Waals surface area contributed by atoms with E-state index in [-0.39, 0.29) is 107 Å². The second kappa shape index (κ2) is 32.3. The van der Waals surface area contributed by atoms with Crippen molar-refractivity contribution in [2.24, 2.45) is 5.92 Å². The van der Waals surface area contributed by atoms with Gasteiger partial charge in [0.1, 0.15) is 44.2 Å². The summed E-state index contributed by atoms with van der Waals surface area (Å²) in [5.41, 5.74) is 0.397. The molecule has 0 radical (unpaired) electrons. The summed E-state index contributed by atoms with van der Waals surface area (Å²) in [4.78, 5) is 110. The summed E-state index contributed by atoms with van der Waals surface area (Å²) >= 11 is 0. The second-order valence-electron chi connectivity index (χ2n) is 10.5. The molecule has 18 nitrogen and oxygen atoms in total. The number of hydrogen-bond donors (Lipinski definition) is 0. The molecule has 0 atom stereocenters. The highest BCUT2D eigenvalue weighted by atomic mass is 16.6. The van der Waals surface area contributed by atoms with Gasteiger partial charge < -0.3 is 37.9 Å². The van der Waals surface area contributed by atoms with Crippen molar-refractivity contribution in [2.75, 3.05) is 66.1 Å². The first kappa shape index (κ1) is 53.0. The predicted molar refractivity (Wildman–Crippen MR) is 187 cm³/mol. The lowest BCUT2D eigenvalue weighted by Gasteiger charge is -2.11. The molecule has 0 unspecified atom stereocenters. The average Bonchev–Trinajstić information content (AvgIpc) is 3.06. The van der Waals surface area contributed by atoms with E-state index in [0.717, 1.165) is 13.8 Å². The zero-order valence-corrected chi connectivity index (χ0v) is 32.0. The highest BCUT2D eigenvalue weighted by molar-refractivity contribution is 6.15. The molecule has 304 valence electrons. The molecule has 0 rings (SSSR count). The topological polar surface area (TPSA) is 245 Å². The summed E-state index contributed by atoms with van der Waals surface area (Å²) in [7, 11) is 0. The van der Waals surface area contributed by atoms with Gasteiger partial charge in [0.05, 0.1) is 63.0 Å². The van der Waals surface area contributed by atoms with Crippen molar-refractivity contribution in [3.8, 4) is 0 Å². The number of carbonyl (C=O) groups excluding carboxylic acids is 10. The van der Waals surface area contributed by atoms with Crippen LogP contribution in [-0.4, -0.2) is 125 Å². The Labute approximate surface area is 314 Å². The molecule has 0 fully saturated rings. The van der Waals surface area contributed by atoms with E-state index in [2.05, 4.69) is 29.2 Å². The van der Waals surface area contributed by atoms with E-state index in [1.54, 1.807) is 20.8 Å². The maximum Gasteiger partial charge on any atom is 0.336 e. The van der Waals surface area contributed by atoms with Crippen LogP contribution in [0.1, 0.15) is 61.3 Å². The Hall–Kier alpha value is -5.36. The number of carbonyl (C=O) groups is 10. The van der Waals surface area contributed by atoms with Gasteiger partial charge >= 0.3 is 35.8 Å². The van der Waals surface area contributed by atoms with Crippen molar-refractivity contribution in [1.29, 1.82) is 0 Å². The molecule has 0 saturated heterocycles. The van der Waals surface area contributed by atoms with Crippen molar-refractivity contribution in [1.82, 2.24) is 0 Å². The summed E-state index contributed by atoms with van der Waals surface area (Å²) < 4.78 is 38.2. The van der Waals surface area contributed by atoms with Crippen LogP contribution < -0.4 is 0 Å². The molecule has 0 aromatic carbocycles. The molecule has 0 aromatic rings. The molecular weight excluding hydrogens is 720 g/mol. The molecule has 0 bridgehead atoms. The Morgan fingerprint density at radius 2 is 0.778 bits per heavy atom. The van der Waals surface area contributed by atoms with Crippen LogP contribution in [0.4, 0.5) is 0 Å². The van der Waals surface area contributed by atoms with Crippen LogP contribution in [0.2, 0.25) is 0 Å². The van der Waals surface area contributed by atoms with Gasteiger partial charge in [-0.1, -0.05) is 19.7 Å². The fourth-order valence-electron chi connectivity index (χ4n) is 3.06. The predicted octanol–water partition coefficient (Wildman–Crippen LogP) is 1.73. The quantitative estimate of drug-likeness (QED) is 0.0421. The van der Waals surface area contributed by atoms with Crippen LogP contribution in [0.15, 0.2) is 36.5 Å². The molecule has 0 N–H and O–H groups in total. The fourth-order valence-corrected chi connectivity index (χ4v) is 3.06. The summed E-state index contributed by atoms with van der Waals surface area (Å²) in [6.07, 6.45) is -0.536. The van der Waals surface area contributed by atoms with Gasteiger partial charge in [-0.05, 0) is 48.5 Å². The van der Waals surface area contributed by atoms with Gasteiger partial charge in [0, 0.05) is 0 Å². The molecule has 0 aromatic heterocycles. The molecule has 18 heteroatoms. The van der Waals surface area contributed by atoms with Crippen molar-refractivity contribution >= 4 is 58.9 Å². The molecular formula is C36H52O18. The summed E-state index contributed by atoms with van der Waals surface area (Å²) in [6.45, 7) is 20.8. The Balaban J connectivity index is -0.000000733. The van der Waals surface area contributed by atoms with E-state index < -0.39 is 53.3 Å². The number of Topliss-reactive ketones (excluding diaryl/α,β-unsaturated/α-hetero) is 4. The van der Waals surface area contributed by atoms with Gasteiger partial charge in [-0.3, -0.25) is 33.6 Å². The molecule has 0 amide bonds. The van der Waals surface area contributed by atoms with Crippen LogP contribution in [0, 0.1) is 5.92 Å². The molecule has 0 spiro atoms. The Bertz CT molecular complexity index is 1330. The van der Waals surface area contributed by atoms with E-state index in [0.29, 0.717) is 0 Å². The first-order valence-corrected chi connectivity index (χ1v) is 16.4. The van der Waals surface area contributed by atoms with Gasteiger partial charge in [-0.2, -0.15) is 0 Å². The highest BCUT2D eigenvalue weighted by Crippen LogP contribution is 2.04. The van der Waals surface area contributed by atoms with E-state index in [1.807, 2.05) is 0 Å². The molecule has 0 saturated carbocycles. The third-order valence-corrected chi connectivity index (χ3v) is 5.45. The zero-order chi connectivity index (χ0) is 42.2. The smallest absolute Gasteiger partial charge is 0.336 e. The standard InChI is InChI=1S/C14H20O7.C12H18O6.C10H14O5/c1-5-20-13(17)9(2)8-19-6-7-21-14(18)12(10(3)15)11(4)16;1-4-17-12(15)9(2)8-16-5-6-18-11(14)7-10(3)13;1-4-14-10(13)7(2)6-15-9(12)5-8(3)11/h12H,2,5-8H2,1,3-4H3;2,4-8H2,1,3H3;2,4-6H2,1,3H3. The number of hydrogen-bond acceptors (Lipinski definition) is 18. The summed E-state index contributed by atoms with van der Waals surface area (Å²) in [5.74, 6) is -6.89. The molecule has 54 heavy (non-hydrogen) atoms. The molecule has 0 heterocycles. The number of ketones is 4. The SMILES string of the molecule is C=C(COC(=O)CC(C)=O)C(=O)OCC.C=C(COCCOC(=O)C(C(C)=O)C(C)=O)C(=O)OCC.C=C(COCCOC(=O)CC(C)=O)C(=O)OCC. The van der Waals surface area contributed by atoms with Gasteiger partial charge in [0.15, 0.2) is 17.5 Å². The van der Waals surface area contributed by atoms with Crippen LogP contribution >= 0.6 is 0 Å². The van der Waals surface area contributed by atoms with E-state index >= 15 is 0 Å². The minimum atomic E-state index is -1.39. The van der Waals surface area contributed by atoms with Crippen molar-refractivity contribution in [3.05, 3.63) is 36.5 Å². The third kappa shape index (κ3) is 30.3. The van der Waals surface area contributed by atoms with Crippen LogP contribution in [-0.2, 0) is 85.8 Å². The highest BCUT2D eigenvalue weighted by Gasteiger charge is 2.29. The minimum Gasteiger partial charge on any atom is -0.463 e. The zero-order valence-electron chi connectivity index (χ0n) is 32.0. The molecule has 0 aliphatic heterocycles. The van der Waals surface area contributed by atoms with Crippen molar-refractivity contribution < 1.29 is 85.8 Å². The van der Waals surface area contributed by atoms with Crippen molar-refractivity contribution in [2.45, 2.75) is 61.3 Å². The van der Waals surface area contributed by atoms with Crippen LogP contribution in [0.3, 0.4) is 0 Å².